The van der Waals surface area contributed by atoms with Crippen LogP contribution in [0.5, 0.6) is 0 Å². The molecule has 0 fully saturated rings. The number of ketones is 2. The number of halogens is 1. The number of carbonyl (C=O) groups excluding carboxylic acids is 2. The second kappa shape index (κ2) is 3.44. The Morgan fingerprint density at radius 3 is 2.86 bits per heavy atom. The number of allylic oxidation sites excluding steroid dienone is 2. The molecule has 0 unspecified atom stereocenters. The number of Topliss-reactive ketones (excluding diaryl/α,β-unsaturated/α-hetero) is 1. The normalized spacial score (nSPS) is 27.6. The summed E-state index contributed by atoms with van der Waals surface area (Å²) in [7, 11) is 0. The van der Waals surface area contributed by atoms with Crippen molar-refractivity contribution >= 4 is 27.5 Å². The van der Waals surface area contributed by atoms with Gasteiger partial charge in [-0.2, -0.15) is 0 Å². The van der Waals surface area contributed by atoms with Gasteiger partial charge in [-0.15, -0.1) is 0 Å². The minimum atomic E-state index is -0.119. The van der Waals surface area contributed by atoms with E-state index in [0.717, 1.165) is 0 Å². The van der Waals surface area contributed by atoms with Gasteiger partial charge in [-0.3, -0.25) is 9.59 Å². The Hall–Kier alpha value is -0.740. The number of ether oxygens (including phenoxy) is 1. The lowest BCUT2D eigenvalue weighted by Crippen LogP contribution is -2.29. The van der Waals surface area contributed by atoms with E-state index in [4.69, 9.17) is 4.74 Å². The van der Waals surface area contributed by atoms with Crippen LogP contribution >= 0.6 is 15.9 Å². The molecule has 2 aliphatic rings. The average molecular weight is 257 g/mol. The largest absolute Gasteiger partial charge is 0.373 e. The van der Waals surface area contributed by atoms with Crippen molar-refractivity contribution in [2.45, 2.75) is 19.4 Å². The van der Waals surface area contributed by atoms with Gasteiger partial charge < -0.3 is 4.74 Å². The molecule has 1 heterocycles. The van der Waals surface area contributed by atoms with Crippen molar-refractivity contribution in [1.29, 1.82) is 0 Å². The highest BCUT2D eigenvalue weighted by molar-refractivity contribution is 9.12. The SMILES string of the molecule is C[C@H]1CC2=C(CO1)C(=O)C(Br)=CC2=O. The van der Waals surface area contributed by atoms with Crippen LogP contribution in [0.3, 0.4) is 0 Å². The summed E-state index contributed by atoms with van der Waals surface area (Å²) in [6.07, 6.45) is 1.91. The lowest BCUT2D eigenvalue weighted by Gasteiger charge is -2.25. The van der Waals surface area contributed by atoms with Crippen LogP contribution in [-0.2, 0) is 14.3 Å². The van der Waals surface area contributed by atoms with Gasteiger partial charge in [0.2, 0.25) is 0 Å². The average Bonchev–Trinajstić information content (AvgIpc) is 2.14. The van der Waals surface area contributed by atoms with Crippen molar-refractivity contribution in [3.8, 4) is 0 Å². The summed E-state index contributed by atoms with van der Waals surface area (Å²) in [4.78, 5) is 23.2. The summed E-state index contributed by atoms with van der Waals surface area (Å²) in [6, 6.07) is 0. The van der Waals surface area contributed by atoms with Crippen molar-refractivity contribution < 1.29 is 14.3 Å². The quantitative estimate of drug-likeness (QED) is 0.618. The third-order valence-electron chi connectivity index (χ3n) is 2.41. The summed E-state index contributed by atoms with van der Waals surface area (Å²) < 4.78 is 5.67. The van der Waals surface area contributed by atoms with Crippen molar-refractivity contribution in [2.75, 3.05) is 6.61 Å². The Bertz CT molecular complexity index is 379. The molecule has 1 atom stereocenters. The predicted molar refractivity (Wildman–Crippen MR) is 54.1 cm³/mol. The van der Waals surface area contributed by atoms with E-state index in [0.29, 0.717) is 22.0 Å². The molecule has 1 aliphatic carbocycles. The molecule has 0 aromatic rings. The standard InChI is InChI=1S/C10H9BrO3/c1-5-2-6-7(4-14-5)10(13)8(11)3-9(6)12/h3,5H,2,4H2,1H3/t5-/m0/s1. The summed E-state index contributed by atoms with van der Waals surface area (Å²) in [5.74, 6) is -0.187. The first-order valence-electron chi connectivity index (χ1n) is 4.39. The Morgan fingerprint density at radius 1 is 1.43 bits per heavy atom. The maximum atomic E-state index is 11.6. The van der Waals surface area contributed by atoms with Crippen LogP contribution in [-0.4, -0.2) is 24.3 Å². The smallest absolute Gasteiger partial charge is 0.198 e. The third kappa shape index (κ3) is 1.48. The zero-order chi connectivity index (χ0) is 10.3. The lowest BCUT2D eigenvalue weighted by molar-refractivity contribution is -0.117. The molecular formula is C10H9BrO3. The van der Waals surface area contributed by atoms with Crippen LogP contribution in [0.15, 0.2) is 21.7 Å². The van der Waals surface area contributed by atoms with E-state index in [9.17, 15) is 9.59 Å². The zero-order valence-corrected chi connectivity index (χ0v) is 9.26. The van der Waals surface area contributed by atoms with Gasteiger partial charge >= 0.3 is 0 Å². The molecule has 0 radical (unpaired) electrons. The Balaban J connectivity index is 2.42. The van der Waals surface area contributed by atoms with Crippen LogP contribution in [0.1, 0.15) is 13.3 Å². The van der Waals surface area contributed by atoms with Gasteiger partial charge in [-0.05, 0) is 22.9 Å². The molecule has 0 aromatic carbocycles. The van der Waals surface area contributed by atoms with Gasteiger partial charge in [0.25, 0.3) is 0 Å². The second-order valence-electron chi connectivity index (χ2n) is 3.47. The fourth-order valence-electron chi connectivity index (χ4n) is 1.65. The number of hydrogen-bond donors (Lipinski definition) is 0. The summed E-state index contributed by atoms with van der Waals surface area (Å²) in [5, 5.41) is 0. The molecule has 0 spiro atoms. The fraction of sp³-hybridized carbons (Fsp3) is 0.400. The van der Waals surface area contributed by atoms with E-state index < -0.39 is 0 Å². The maximum absolute atomic E-state index is 11.6. The molecule has 0 saturated heterocycles. The van der Waals surface area contributed by atoms with E-state index in [-0.39, 0.29) is 24.3 Å². The molecule has 74 valence electrons. The first-order chi connectivity index (χ1) is 6.59. The third-order valence-corrected chi connectivity index (χ3v) is 3.00. The van der Waals surface area contributed by atoms with Crippen LogP contribution < -0.4 is 0 Å². The summed E-state index contributed by atoms with van der Waals surface area (Å²) >= 11 is 3.07. The first-order valence-corrected chi connectivity index (χ1v) is 5.18. The van der Waals surface area contributed by atoms with Crippen molar-refractivity contribution in [1.82, 2.24) is 0 Å². The highest BCUT2D eigenvalue weighted by Gasteiger charge is 2.31. The highest BCUT2D eigenvalue weighted by Crippen LogP contribution is 2.29. The molecule has 4 heteroatoms. The molecule has 3 nitrogen and oxygen atoms in total. The van der Waals surface area contributed by atoms with Crippen molar-refractivity contribution in [2.24, 2.45) is 0 Å². The topological polar surface area (TPSA) is 43.4 Å². The predicted octanol–water partition coefficient (Wildman–Crippen LogP) is 1.52. The Kier molecular flexibility index (Phi) is 2.41. The van der Waals surface area contributed by atoms with E-state index in [1.54, 1.807) is 0 Å². The van der Waals surface area contributed by atoms with E-state index >= 15 is 0 Å². The van der Waals surface area contributed by atoms with Crippen LogP contribution in [0.25, 0.3) is 0 Å². The van der Waals surface area contributed by atoms with Gasteiger partial charge in [-0.1, -0.05) is 0 Å². The van der Waals surface area contributed by atoms with E-state index in [2.05, 4.69) is 15.9 Å². The van der Waals surface area contributed by atoms with Gasteiger partial charge in [-0.25, -0.2) is 0 Å². The molecule has 14 heavy (non-hydrogen) atoms. The van der Waals surface area contributed by atoms with E-state index in [1.807, 2.05) is 6.92 Å². The molecule has 1 aliphatic heterocycles. The molecule has 0 N–H and O–H groups in total. The van der Waals surface area contributed by atoms with Crippen molar-refractivity contribution in [3.05, 3.63) is 21.7 Å². The van der Waals surface area contributed by atoms with Crippen molar-refractivity contribution in [3.63, 3.8) is 0 Å². The monoisotopic (exact) mass is 256 g/mol. The highest BCUT2D eigenvalue weighted by atomic mass is 79.9. The van der Waals surface area contributed by atoms with Gasteiger partial charge in [0.15, 0.2) is 11.6 Å². The molecule has 0 saturated carbocycles. The van der Waals surface area contributed by atoms with Gasteiger partial charge in [0, 0.05) is 23.6 Å². The molecule has 0 aromatic heterocycles. The number of carbonyl (C=O) groups is 2. The molecular weight excluding hydrogens is 248 g/mol. The Labute approximate surface area is 89.9 Å². The van der Waals surface area contributed by atoms with Crippen LogP contribution in [0.2, 0.25) is 0 Å². The van der Waals surface area contributed by atoms with E-state index in [1.165, 1.54) is 6.08 Å². The Morgan fingerprint density at radius 2 is 2.14 bits per heavy atom. The second-order valence-corrected chi connectivity index (χ2v) is 4.32. The lowest BCUT2D eigenvalue weighted by atomic mass is 9.90. The van der Waals surface area contributed by atoms with Crippen LogP contribution in [0, 0.1) is 0 Å². The minimum Gasteiger partial charge on any atom is -0.373 e. The maximum Gasteiger partial charge on any atom is 0.198 e. The summed E-state index contributed by atoms with van der Waals surface area (Å²) in [6.45, 7) is 2.15. The molecule has 0 amide bonds. The van der Waals surface area contributed by atoms with Crippen LogP contribution in [0.4, 0.5) is 0 Å². The molecule has 0 bridgehead atoms. The first kappa shape index (κ1) is 9.80. The number of rotatable bonds is 0. The fourth-order valence-corrected chi connectivity index (χ4v) is 2.09. The molecule has 2 rings (SSSR count). The number of hydrogen-bond acceptors (Lipinski definition) is 3. The van der Waals surface area contributed by atoms with Gasteiger partial charge in [0.1, 0.15) is 0 Å². The zero-order valence-electron chi connectivity index (χ0n) is 7.67. The minimum absolute atomic E-state index is 0.0239. The summed E-state index contributed by atoms with van der Waals surface area (Å²) in [5.41, 5.74) is 1.14. The van der Waals surface area contributed by atoms with Gasteiger partial charge in [0.05, 0.1) is 17.2 Å².